The Hall–Kier alpha value is -2.23. The van der Waals surface area contributed by atoms with Gasteiger partial charge < -0.3 is 14.5 Å². The van der Waals surface area contributed by atoms with Crippen molar-refractivity contribution < 1.29 is 13.9 Å². The second-order valence-corrected chi connectivity index (χ2v) is 5.60. The van der Waals surface area contributed by atoms with Crippen molar-refractivity contribution in [2.24, 2.45) is 0 Å². The molecule has 1 aromatic heterocycles. The van der Waals surface area contributed by atoms with E-state index in [2.05, 4.69) is 5.32 Å². The highest BCUT2D eigenvalue weighted by atomic mass is 16.5. The molecular formula is C18H23NO3. The summed E-state index contributed by atoms with van der Waals surface area (Å²) >= 11 is 0. The predicted octanol–water partition coefficient (Wildman–Crippen LogP) is 3.41. The van der Waals surface area contributed by atoms with Gasteiger partial charge in [-0.25, -0.2) is 0 Å². The van der Waals surface area contributed by atoms with E-state index in [4.69, 9.17) is 9.15 Å². The number of aryl methyl sites for hydroxylation is 3. The molecule has 0 aliphatic carbocycles. The van der Waals surface area contributed by atoms with Crippen molar-refractivity contribution in [3.63, 3.8) is 0 Å². The van der Waals surface area contributed by atoms with Crippen LogP contribution in [0.2, 0.25) is 0 Å². The Kier molecular flexibility index (Phi) is 5.64. The molecule has 0 spiro atoms. The fraction of sp³-hybridized carbons (Fsp3) is 0.389. The molecule has 0 bridgehead atoms. The number of amides is 1. The number of hydrogen-bond donors (Lipinski definition) is 1. The molecule has 0 saturated carbocycles. The van der Waals surface area contributed by atoms with Crippen LogP contribution in [-0.4, -0.2) is 18.6 Å². The summed E-state index contributed by atoms with van der Waals surface area (Å²) in [5, 5.41) is 2.95. The maximum Gasteiger partial charge on any atom is 0.258 e. The summed E-state index contributed by atoms with van der Waals surface area (Å²) in [5.41, 5.74) is 2.08. The predicted molar refractivity (Wildman–Crippen MR) is 86.0 cm³/mol. The van der Waals surface area contributed by atoms with Crippen LogP contribution in [0.1, 0.15) is 30.2 Å². The van der Waals surface area contributed by atoms with E-state index in [1.165, 1.54) is 0 Å². The Morgan fingerprint density at radius 3 is 2.59 bits per heavy atom. The summed E-state index contributed by atoms with van der Waals surface area (Å²) in [6, 6.07) is 9.83. The third-order valence-electron chi connectivity index (χ3n) is 3.57. The zero-order valence-electron chi connectivity index (χ0n) is 13.4. The first-order chi connectivity index (χ1) is 10.6. The molecule has 0 fully saturated rings. The summed E-state index contributed by atoms with van der Waals surface area (Å²) in [4.78, 5) is 12.0. The molecule has 4 nitrogen and oxygen atoms in total. The smallest absolute Gasteiger partial charge is 0.258 e. The van der Waals surface area contributed by atoms with Crippen LogP contribution < -0.4 is 10.1 Å². The molecule has 1 aromatic carbocycles. The average Bonchev–Trinajstić information content (AvgIpc) is 2.98. The maximum absolute atomic E-state index is 12.0. The van der Waals surface area contributed by atoms with Gasteiger partial charge in [0.15, 0.2) is 6.61 Å². The Morgan fingerprint density at radius 2 is 1.95 bits per heavy atom. The van der Waals surface area contributed by atoms with Crippen LogP contribution in [-0.2, 0) is 11.2 Å². The maximum atomic E-state index is 12.0. The molecule has 1 atom stereocenters. The Bertz CT molecular complexity index is 585. The lowest BCUT2D eigenvalue weighted by molar-refractivity contribution is -0.123. The van der Waals surface area contributed by atoms with Gasteiger partial charge in [-0.3, -0.25) is 4.79 Å². The van der Waals surface area contributed by atoms with Gasteiger partial charge in [-0.2, -0.15) is 0 Å². The normalized spacial score (nSPS) is 12.0. The van der Waals surface area contributed by atoms with E-state index in [-0.39, 0.29) is 18.6 Å². The number of rotatable bonds is 7. The highest BCUT2D eigenvalue weighted by Crippen LogP contribution is 2.22. The van der Waals surface area contributed by atoms with Gasteiger partial charge in [0.05, 0.1) is 6.26 Å². The quantitative estimate of drug-likeness (QED) is 0.852. The van der Waals surface area contributed by atoms with Crippen LogP contribution in [0.4, 0.5) is 0 Å². The highest BCUT2D eigenvalue weighted by molar-refractivity contribution is 5.77. The van der Waals surface area contributed by atoms with Crippen LogP contribution in [0, 0.1) is 13.8 Å². The van der Waals surface area contributed by atoms with Crippen LogP contribution >= 0.6 is 0 Å². The number of para-hydroxylation sites is 1. The van der Waals surface area contributed by atoms with Crippen LogP contribution in [0.25, 0.3) is 0 Å². The molecule has 1 unspecified atom stereocenters. The van der Waals surface area contributed by atoms with Crippen molar-refractivity contribution in [1.82, 2.24) is 5.32 Å². The number of furan rings is 1. The van der Waals surface area contributed by atoms with Crippen molar-refractivity contribution >= 4 is 5.91 Å². The summed E-state index contributed by atoms with van der Waals surface area (Å²) in [6.45, 7) is 5.98. The standard InChI is InChI=1S/C18H23NO3/c1-13-6-4-7-14(2)18(13)22-12-17(20)19-15(3)9-10-16-8-5-11-21-16/h4-8,11,15H,9-10,12H2,1-3H3,(H,19,20). The van der Waals surface area contributed by atoms with E-state index >= 15 is 0 Å². The molecule has 2 rings (SSSR count). The van der Waals surface area contributed by atoms with E-state index in [1.807, 2.05) is 51.1 Å². The van der Waals surface area contributed by atoms with Gasteiger partial charge in [0.25, 0.3) is 5.91 Å². The first kappa shape index (κ1) is 16.1. The van der Waals surface area contributed by atoms with Crippen LogP contribution in [0.3, 0.4) is 0 Å². The monoisotopic (exact) mass is 301 g/mol. The molecule has 118 valence electrons. The van der Waals surface area contributed by atoms with Gasteiger partial charge >= 0.3 is 0 Å². The summed E-state index contributed by atoms with van der Waals surface area (Å²) in [7, 11) is 0. The minimum absolute atomic E-state index is 0.0385. The number of benzene rings is 1. The molecule has 0 radical (unpaired) electrons. The average molecular weight is 301 g/mol. The molecule has 2 aromatic rings. The molecule has 22 heavy (non-hydrogen) atoms. The van der Waals surface area contributed by atoms with E-state index in [9.17, 15) is 4.79 Å². The number of carbonyl (C=O) groups is 1. The van der Waals surface area contributed by atoms with Gasteiger partial charge in [0.1, 0.15) is 11.5 Å². The first-order valence-electron chi connectivity index (χ1n) is 7.57. The zero-order chi connectivity index (χ0) is 15.9. The van der Waals surface area contributed by atoms with Crippen LogP contribution in [0.5, 0.6) is 5.75 Å². The number of hydrogen-bond acceptors (Lipinski definition) is 3. The number of nitrogens with one attached hydrogen (secondary N) is 1. The van der Waals surface area contributed by atoms with Crippen molar-refractivity contribution in [2.45, 2.75) is 39.7 Å². The van der Waals surface area contributed by atoms with Gasteiger partial charge in [-0.05, 0) is 50.5 Å². The van der Waals surface area contributed by atoms with Gasteiger partial charge in [0, 0.05) is 12.5 Å². The summed E-state index contributed by atoms with van der Waals surface area (Å²) < 4.78 is 10.9. The molecule has 1 amide bonds. The molecule has 0 saturated heterocycles. The van der Waals surface area contributed by atoms with E-state index < -0.39 is 0 Å². The van der Waals surface area contributed by atoms with Crippen molar-refractivity contribution in [3.05, 3.63) is 53.5 Å². The minimum atomic E-state index is -0.102. The molecule has 4 heteroatoms. The number of carbonyl (C=O) groups excluding carboxylic acids is 1. The second kappa shape index (κ2) is 7.69. The number of ether oxygens (including phenoxy) is 1. The van der Waals surface area contributed by atoms with Gasteiger partial charge in [-0.15, -0.1) is 0 Å². The van der Waals surface area contributed by atoms with Crippen molar-refractivity contribution in [3.8, 4) is 5.75 Å². The lowest BCUT2D eigenvalue weighted by atomic mass is 10.1. The Labute approximate surface area is 131 Å². The van der Waals surface area contributed by atoms with E-state index in [0.717, 1.165) is 35.5 Å². The topological polar surface area (TPSA) is 51.5 Å². The van der Waals surface area contributed by atoms with E-state index in [0.29, 0.717) is 0 Å². The molecule has 1 N–H and O–H groups in total. The first-order valence-corrected chi connectivity index (χ1v) is 7.57. The lowest BCUT2D eigenvalue weighted by Crippen LogP contribution is -2.36. The minimum Gasteiger partial charge on any atom is -0.483 e. The van der Waals surface area contributed by atoms with Crippen molar-refractivity contribution in [2.75, 3.05) is 6.61 Å². The summed E-state index contributed by atoms with van der Waals surface area (Å²) in [6.07, 6.45) is 3.31. The van der Waals surface area contributed by atoms with Gasteiger partial charge in [-0.1, -0.05) is 18.2 Å². The fourth-order valence-corrected chi connectivity index (χ4v) is 2.37. The zero-order valence-corrected chi connectivity index (χ0v) is 13.4. The Balaban J connectivity index is 1.75. The van der Waals surface area contributed by atoms with Crippen LogP contribution in [0.15, 0.2) is 41.0 Å². The SMILES string of the molecule is Cc1cccc(C)c1OCC(=O)NC(C)CCc1ccco1. The largest absolute Gasteiger partial charge is 0.483 e. The molecular weight excluding hydrogens is 278 g/mol. The third kappa shape index (κ3) is 4.65. The van der Waals surface area contributed by atoms with E-state index in [1.54, 1.807) is 6.26 Å². The summed E-state index contributed by atoms with van der Waals surface area (Å²) in [5.74, 6) is 1.63. The second-order valence-electron chi connectivity index (χ2n) is 5.60. The highest BCUT2D eigenvalue weighted by Gasteiger charge is 2.10. The third-order valence-corrected chi connectivity index (χ3v) is 3.57. The molecule has 1 heterocycles. The molecule has 0 aliphatic heterocycles. The van der Waals surface area contributed by atoms with Crippen molar-refractivity contribution in [1.29, 1.82) is 0 Å². The fourth-order valence-electron chi connectivity index (χ4n) is 2.37. The Morgan fingerprint density at radius 1 is 1.23 bits per heavy atom. The van der Waals surface area contributed by atoms with Gasteiger partial charge in [0.2, 0.25) is 0 Å². The lowest BCUT2D eigenvalue weighted by Gasteiger charge is -2.15. The molecule has 0 aliphatic rings.